The number of nitrogens with two attached hydrogens (primary N) is 1. The van der Waals surface area contributed by atoms with Crippen molar-refractivity contribution in [2.75, 3.05) is 0 Å². The topological polar surface area (TPSA) is 194 Å². The van der Waals surface area contributed by atoms with Crippen molar-refractivity contribution < 1.29 is 82.1 Å². The predicted molar refractivity (Wildman–Crippen MR) is 185 cm³/mol. The van der Waals surface area contributed by atoms with Crippen LogP contribution in [0.4, 0.5) is 0 Å². The molecular formula is C33H48KN5O6S3. The van der Waals surface area contributed by atoms with Gasteiger partial charge in [0.2, 0.25) is 5.91 Å². The van der Waals surface area contributed by atoms with Crippen molar-refractivity contribution in [3.63, 3.8) is 0 Å². The average molecular weight is 746 g/mol. The first-order chi connectivity index (χ1) is 21.7. The van der Waals surface area contributed by atoms with Crippen molar-refractivity contribution in [3.8, 4) is 0 Å². The van der Waals surface area contributed by atoms with Gasteiger partial charge >= 0.3 is 57.4 Å². The van der Waals surface area contributed by atoms with Gasteiger partial charge in [0.15, 0.2) is 0 Å². The second-order valence-electron chi connectivity index (χ2n) is 13.6. The summed E-state index contributed by atoms with van der Waals surface area (Å²) in [7, 11) is 0. The van der Waals surface area contributed by atoms with Gasteiger partial charge in [-0.25, -0.2) is 21.5 Å². The van der Waals surface area contributed by atoms with E-state index >= 15 is 0 Å². The molecule has 3 fully saturated rings. The van der Waals surface area contributed by atoms with Crippen LogP contribution in [0, 0.1) is 24.3 Å². The number of hydrogen-bond donors (Lipinski definition) is 4. The summed E-state index contributed by atoms with van der Waals surface area (Å²) in [6.07, 6.45) is 13.9. The van der Waals surface area contributed by atoms with Crippen molar-refractivity contribution in [1.82, 2.24) is 15.0 Å². The Kier molecular flexibility index (Phi) is 18.2. The number of aliphatic carboxylic acids is 1. The molecule has 3 aliphatic carbocycles. The van der Waals surface area contributed by atoms with Gasteiger partial charge < -0.3 is 21.2 Å². The first-order valence-electron chi connectivity index (χ1n) is 15.7. The number of amides is 1. The zero-order chi connectivity index (χ0) is 34.3. The Hall–Kier alpha value is -1.16. The molecule has 3 aliphatic rings. The second-order valence-corrected chi connectivity index (χ2v) is 17.0. The number of thiazole rings is 3. The summed E-state index contributed by atoms with van der Waals surface area (Å²) in [4.78, 5) is 42.3. The number of primary amides is 1. The minimum atomic E-state index is -0.692. The summed E-state index contributed by atoms with van der Waals surface area (Å²) < 4.78 is 0. The third kappa shape index (κ3) is 11.7. The number of rotatable bonds is 11. The van der Waals surface area contributed by atoms with E-state index in [4.69, 9.17) is 27.9 Å². The van der Waals surface area contributed by atoms with Crippen LogP contribution in [0.1, 0.15) is 110 Å². The van der Waals surface area contributed by atoms with Crippen LogP contribution in [0.2, 0.25) is 0 Å². The number of nitrogens with zero attached hydrogens (tertiary/aromatic N) is 4. The fourth-order valence-corrected chi connectivity index (χ4v) is 8.95. The van der Waals surface area contributed by atoms with Crippen LogP contribution >= 0.6 is 34.0 Å². The predicted octanol–water partition coefficient (Wildman–Crippen LogP) is 4.41. The minimum Gasteiger partial charge on any atom is -0.870 e. The van der Waals surface area contributed by atoms with Crippen LogP contribution in [0.25, 0.3) is 4.85 Å². The van der Waals surface area contributed by atoms with Gasteiger partial charge in [-0.2, -0.15) is 0 Å². The van der Waals surface area contributed by atoms with Crippen LogP contribution < -0.4 is 57.1 Å². The van der Waals surface area contributed by atoms with E-state index in [0.29, 0.717) is 17.8 Å². The molecule has 48 heavy (non-hydrogen) atoms. The number of aromatic nitrogens is 3. The molecular weight excluding hydrogens is 698 g/mol. The molecule has 1 amide bonds. The van der Waals surface area contributed by atoms with Crippen LogP contribution in [0.3, 0.4) is 0 Å². The van der Waals surface area contributed by atoms with Crippen LogP contribution in [0.5, 0.6) is 0 Å². The summed E-state index contributed by atoms with van der Waals surface area (Å²) in [5.74, 6) is 0.943. The maximum atomic E-state index is 11.3. The average Bonchev–Trinajstić information content (AvgIpc) is 3.96. The molecule has 3 heterocycles. The Morgan fingerprint density at radius 2 is 1.08 bits per heavy atom. The molecule has 15 heteroatoms. The van der Waals surface area contributed by atoms with E-state index in [-0.39, 0.29) is 73.7 Å². The molecule has 0 bridgehead atoms. The van der Waals surface area contributed by atoms with Crippen molar-refractivity contribution >= 4 is 45.9 Å². The van der Waals surface area contributed by atoms with Crippen LogP contribution in [-0.2, 0) is 45.2 Å². The summed E-state index contributed by atoms with van der Waals surface area (Å²) in [5, 5.41) is 24.5. The molecule has 6 rings (SSSR count). The number of hydrogen-bond acceptors (Lipinski definition) is 11. The number of carbonyl (C=O) groups excluding carboxylic acids is 1. The maximum absolute atomic E-state index is 11.3. The Morgan fingerprint density at radius 3 is 1.35 bits per heavy atom. The molecule has 11 nitrogen and oxygen atoms in total. The molecule has 3 aromatic heterocycles. The fourth-order valence-electron chi connectivity index (χ4n) is 4.88. The van der Waals surface area contributed by atoms with Crippen molar-refractivity contribution in [2.45, 2.75) is 116 Å². The maximum Gasteiger partial charge on any atom is 1.00 e. The van der Waals surface area contributed by atoms with Gasteiger partial charge in [-0.1, -0.05) is 41.5 Å². The van der Waals surface area contributed by atoms with E-state index < -0.39 is 11.4 Å². The van der Waals surface area contributed by atoms with E-state index in [1.165, 1.54) is 9.88 Å². The number of carboxylic acids is 1. The summed E-state index contributed by atoms with van der Waals surface area (Å²) in [6, 6.07) is 0. The standard InChI is InChI=1S/C11H16N2OS.C11H14N2S.C11H15NO2S.K.H2O2.H2O/c1-7(2)5-9-13-6-8(15-9)11(3-4-11)10(12)14;1-8(2)6-10-13-7-9(14-10)11(12-3)4-5-11;1-7(2)5-9-12-6-8(15-9)11(3-4-11)10(13)14;;1-2;/h6-7H,3-5H2,1-2H3,(H2,12,14);7-8H,4-6H2,1-2H3;6-7H,3-5H2,1-2H3,(H,13,14);;1-2H;1H2/q;;;+1;;/p-1. The first kappa shape index (κ1) is 44.9. The van der Waals surface area contributed by atoms with Gasteiger partial charge in [0.05, 0.1) is 20.4 Å². The number of carboxylic acid groups (broad SMARTS) is 1. The molecule has 0 aromatic carbocycles. The smallest absolute Gasteiger partial charge is 0.870 e. The summed E-state index contributed by atoms with van der Waals surface area (Å²) in [5.41, 5.74) is 4.32. The van der Waals surface area contributed by atoms with Crippen molar-refractivity contribution in [1.29, 1.82) is 0 Å². The van der Waals surface area contributed by atoms with Crippen LogP contribution in [0.15, 0.2) is 18.6 Å². The monoisotopic (exact) mass is 745 g/mol. The van der Waals surface area contributed by atoms with E-state index in [9.17, 15) is 9.59 Å². The van der Waals surface area contributed by atoms with Gasteiger partial charge in [-0.15, -0.1) is 34.0 Å². The molecule has 0 atom stereocenters. The van der Waals surface area contributed by atoms with Gasteiger partial charge in [0.25, 0.3) is 5.54 Å². The molecule has 0 saturated heterocycles. The zero-order valence-corrected chi connectivity index (χ0v) is 34.6. The van der Waals surface area contributed by atoms with Crippen LogP contribution in [-0.4, -0.2) is 47.9 Å². The SMILES string of the molecule is CC(C)Cc1ncc(C2(C(=O)O)CC2)s1.CC(C)Cc1ncc(C2(C(N)=O)CC2)s1.OO.[C-]#[N+]C1(c2cnc(CC(C)C)s2)CC1.[K+].[OH-]. The molecule has 0 spiro atoms. The number of carbonyl (C=O) groups is 2. The Bertz CT molecular complexity index is 1430. The largest absolute Gasteiger partial charge is 1.00 e. The van der Waals surface area contributed by atoms with E-state index in [0.717, 1.165) is 77.6 Å². The molecule has 3 aromatic rings. The van der Waals surface area contributed by atoms with Gasteiger partial charge in [0.1, 0.15) is 10.3 Å². The van der Waals surface area contributed by atoms with Gasteiger partial charge in [0, 0.05) is 60.4 Å². The molecule has 3 saturated carbocycles. The van der Waals surface area contributed by atoms with Crippen molar-refractivity contribution in [3.05, 3.63) is 59.7 Å². The quantitative estimate of drug-likeness (QED) is 0.0952. The van der Waals surface area contributed by atoms with Gasteiger partial charge in [-0.05, 0) is 43.4 Å². The van der Waals surface area contributed by atoms with E-state index in [1.54, 1.807) is 40.2 Å². The normalized spacial score (nSPS) is 16.7. The molecule has 6 N–H and O–H groups in total. The summed E-state index contributed by atoms with van der Waals surface area (Å²) in [6.45, 7) is 20.2. The third-order valence-electron chi connectivity index (χ3n) is 8.13. The zero-order valence-electron chi connectivity index (χ0n) is 29.0. The van der Waals surface area contributed by atoms with E-state index in [1.807, 2.05) is 12.4 Å². The Labute approximate surface area is 338 Å². The first-order valence-corrected chi connectivity index (χ1v) is 18.2. The third-order valence-corrected chi connectivity index (χ3v) is 11.8. The Morgan fingerprint density at radius 1 is 0.750 bits per heavy atom. The van der Waals surface area contributed by atoms with Crippen molar-refractivity contribution in [2.24, 2.45) is 23.5 Å². The van der Waals surface area contributed by atoms with Gasteiger partial charge in [-0.3, -0.25) is 20.1 Å². The minimum absolute atomic E-state index is 0. The summed E-state index contributed by atoms with van der Waals surface area (Å²) >= 11 is 4.94. The fraction of sp³-hybridized carbons (Fsp3) is 0.636. The molecule has 260 valence electrons. The molecule has 0 radical (unpaired) electrons. The molecule has 0 aliphatic heterocycles. The molecule has 0 unspecified atom stereocenters. The second kappa shape index (κ2) is 19.4. The van der Waals surface area contributed by atoms with E-state index in [2.05, 4.69) is 61.3 Å². The Balaban J connectivity index is 0.000000344.